The normalized spacial score (nSPS) is 11.6. The lowest BCUT2D eigenvalue weighted by atomic mass is 10.2. The van der Waals surface area contributed by atoms with Crippen LogP contribution in [-0.2, 0) is 0 Å². The molecular formula is C10H11F. The monoisotopic (exact) mass is 150 g/mol. The number of hydrogen-bond donors (Lipinski definition) is 0. The van der Waals surface area contributed by atoms with Crippen LogP contribution in [0.15, 0.2) is 36.2 Å². The molecule has 0 bridgehead atoms. The first-order valence-electron chi connectivity index (χ1n) is 3.74. The Morgan fingerprint density at radius 2 is 2.00 bits per heavy atom. The van der Waals surface area contributed by atoms with Gasteiger partial charge in [-0.05, 0) is 18.1 Å². The van der Waals surface area contributed by atoms with E-state index in [1.807, 2.05) is 30.3 Å². The Hall–Kier alpha value is -1.11. The van der Waals surface area contributed by atoms with Gasteiger partial charge in [-0.1, -0.05) is 37.3 Å². The van der Waals surface area contributed by atoms with Gasteiger partial charge in [-0.15, -0.1) is 0 Å². The molecule has 1 heteroatoms. The Kier molecular flexibility index (Phi) is 2.84. The van der Waals surface area contributed by atoms with Crippen LogP contribution in [0.3, 0.4) is 0 Å². The molecule has 0 atom stereocenters. The Balaban J connectivity index is 2.79. The third kappa shape index (κ3) is 2.54. The van der Waals surface area contributed by atoms with Gasteiger partial charge in [0.2, 0.25) is 0 Å². The molecule has 0 aromatic heterocycles. The smallest absolute Gasteiger partial charge is 0.100 e. The Morgan fingerprint density at radius 1 is 1.36 bits per heavy atom. The lowest BCUT2D eigenvalue weighted by molar-refractivity contribution is 0.612. The predicted molar refractivity (Wildman–Crippen MR) is 45.8 cm³/mol. The number of rotatable bonds is 2. The minimum Gasteiger partial charge on any atom is -0.212 e. The summed E-state index contributed by atoms with van der Waals surface area (Å²) in [6.07, 6.45) is 2.02. The highest BCUT2D eigenvalue weighted by Gasteiger charge is 1.89. The lowest BCUT2D eigenvalue weighted by Crippen LogP contribution is -1.72. The van der Waals surface area contributed by atoms with E-state index in [9.17, 15) is 4.39 Å². The summed E-state index contributed by atoms with van der Waals surface area (Å²) in [5.41, 5.74) is 0.923. The van der Waals surface area contributed by atoms with Crippen molar-refractivity contribution in [3.8, 4) is 0 Å². The van der Waals surface area contributed by atoms with Gasteiger partial charge in [0.25, 0.3) is 0 Å². The summed E-state index contributed by atoms with van der Waals surface area (Å²) in [5, 5.41) is 0. The molecule has 0 heterocycles. The fraction of sp³-hybridized carbons (Fsp3) is 0.200. The van der Waals surface area contributed by atoms with Crippen LogP contribution in [0.4, 0.5) is 4.39 Å². The van der Waals surface area contributed by atoms with E-state index in [-0.39, 0.29) is 5.83 Å². The third-order valence-electron chi connectivity index (χ3n) is 1.46. The molecule has 11 heavy (non-hydrogen) atoms. The first-order valence-corrected chi connectivity index (χ1v) is 3.74. The maximum absolute atomic E-state index is 12.7. The second kappa shape index (κ2) is 3.91. The van der Waals surface area contributed by atoms with Gasteiger partial charge in [-0.3, -0.25) is 0 Å². The molecule has 0 saturated heterocycles. The molecular weight excluding hydrogens is 139 g/mol. The van der Waals surface area contributed by atoms with Crippen molar-refractivity contribution in [2.45, 2.75) is 13.3 Å². The van der Waals surface area contributed by atoms with Crippen LogP contribution < -0.4 is 0 Å². The second-order valence-corrected chi connectivity index (χ2v) is 2.36. The maximum atomic E-state index is 12.7. The number of allylic oxidation sites excluding steroid dienone is 1. The molecule has 0 unspecified atom stereocenters. The summed E-state index contributed by atoms with van der Waals surface area (Å²) in [7, 11) is 0. The molecule has 58 valence electrons. The molecule has 0 fully saturated rings. The molecule has 0 nitrogen and oxygen atoms in total. The molecule has 0 saturated carbocycles. The molecule has 1 rings (SSSR count). The van der Waals surface area contributed by atoms with Crippen molar-refractivity contribution in [1.29, 1.82) is 0 Å². The van der Waals surface area contributed by atoms with Crippen LogP contribution in [0.2, 0.25) is 0 Å². The molecule has 0 radical (unpaired) electrons. The molecule has 1 aromatic rings. The summed E-state index contributed by atoms with van der Waals surface area (Å²) < 4.78 is 12.7. The van der Waals surface area contributed by atoms with Gasteiger partial charge in [0.05, 0.1) is 0 Å². The molecule has 0 amide bonds. The van der Waals surface area contributed by atoms with Crippen LogP contribution in [0.5, 0.6) is 0 Å². The van der Waals surface area contributed by atoms with E-state index in [0.29, 0.717) is 6.42 Å². The van der Waals surface area contributed by atoms with Crippen LogP contribution in [0, 0.1) is 0 Å². The van der Waals surface area contributed by atoms with Crippen molar-refractivity contribution in [2.75, 3.05) is 0 Å². The van der Waals surface area contributed by atoms with Gasteiger partial charge in [0.15, 0.2) is 0 Å². The average Bonchev–Trinajstić information content (AvgIpc) is 2.06. The molecule has 0 aliphatic heterocycles. The first-order chi connectivity index (χ1) is 5.33. The van der Waals surface area contributed by atoms with Gasteiger partial charge in [-0.2, -0.15) is 0 Å². The minimum absolute atomic E-state index is 0.0730. The summed E-state index contributed by atoms with van der Waals surface area (Å²) >= 11 is 0. The van der Waals surface area contributed by atoms with Crippen LogP contribution in [0.1, 0.15) is 18.9 Å². The average molecular weight is 150 g/mol. The Morgan fingerprint density at radius 3 is 2.55 bits per heavy atom. The van der Waals surface area contributed by atoms with E-state index in [1.165, 1.54) is 0 Å². The zero-order valence-electron chi connectivity index (χ0n) is 6.55. The van der Waals surface area contributed by atoms with Gasteiger partial charge in [0.1, 0.15) is 5.83 Å². The summed E-state index contributed by atoms with van der Waals surface area (Å²) in [4.78, 5) is 0. The van der Waals surface area contributed by atoms with Crippen molar-refractivity contribution >= 4 is 6.08 Å². The van der Waals surface area contributed by atoms with Crippen molar-refractivity contribution in [1.82, 2.24) is 0 Å². The van der Waals surface area contributed by atoms with Gasteiger partial charge >= 0.3 is 0 Å². The fourth-order valence-corrected chi connectivity index (χ4v) is 0.832. The zero-order chi connectivity index (χ0) is 8.10. The van der Waals surface area contributed by atoms with Crippen LogP contribution in [0.25, 0.3) is 6.08 Å². The van der Waals surface area contributed by atoms with E-state index >= 15 is 0 Å². The van der Waals surface area contributed by atoms with Crippen molar-refractivity contribution in [3.05, 3.63) is 41.7 Å². The maximum Gasteiger partial charge on any atom is 0.100 e. The second-order valence-electron chi connectivity index (χ2n) is 2.36. The van der Waals surface area contributed by atoms with E-state index in [4.69, 9.17) is 0 Å². The fourth-order valence-electron chi connectivity index (χ4n) is 0.832. The Bertz CT molecular complexity index is 236. The highest BCUT2D eigenvalue weighted by atomic mass is 19.1. The summed E-state index contributed by atoms with van der Waals surface area (Å²) in [6, 6.07) is 9.48. The Labute approximate surface area is 66.4 Å². The molecule has 0 N–H and O–H groups in total. The first kappa shape index (κ1) is 7.99. The lowest BCUT2D eigenvalue weighted by Gasteiger charge is -1.92. The van der Waals surface area contributed by atoms with Crippen molar-refractivity contribution < 1.29 is 4.39 Å². The van der Waals surface area contributed by atoms with E-state index in [2.05, 4.69) is 0 Å². The summed E-state index contributed by atoms with van der Waals surface area (Å²) in [5.74, 6) is -0.0730. The van der Waals surface area contributed by atoms with Gasteiger partial charge in [-0.25, -0.2) is 4.39 Å². The van der Waals surface area contributed by atoms with Crippen molar-refractivity contribution in [2.24, 2.45) is 0 Å². The number of halogens is 1. The standard InChI is InChI=1S/C10H11F/c1-2-10(11)8-9-6-4-3-5-7-9/h3-8H,2H2,1H3/b10-8+. The third-order valence-corrected chi connectivity index (χ3v) is 1.46. The minimum atomic E-state index is -0.0730. The van der Waals surface area contributed by atoms with Gasteiger partial charge < -0.3 is 0 Å². The molecule has 0 spiro atoms. The predicted octanol–water partition coefficient (Wildman–Crippen LogP) is 3.41. The van der Waals surface area contributed by atoms with E-state index in [1.54, 1.807) is 13.0 Å². The number of hydrogen-bond acceptors (Lipinski definition) is 0. The topological polar surface area (TPSA) is 0 Å². The number of benzene rings is 1. The highest BCUT2D eigenvalue weighted by molar-refractivity contribution is 5.50. The zero-order valence-corrected chi connectivity index (χ0v) is 6.55. The van der Waals surface area contributed by atoms with Crippen LogP contribution in [-0.4, -0.2) is 0 Å². The SMILES string of the molecule is CC/C(F)=C\c1ccccc1. The largest absolute Gasteiger partial charge is 0.212 e. The van der Waals surface area contributed by atoms with E-state index in [0.717, 1.165) is 5.56 Å². The molecule has 1 aromatic carbocycles. The highest BCUT2D eigenvalue weighted by Crippen LogP contribution is 2.09. The molecule has 0 aliphatic rings. The van der Waals surface area contributed by atoms with Crippen molar-refractivity contribution in [3.63, 3.8) is 0 Å². The summed E-state index contributed by atoms with van der Waals surface area (Å²) in [6.45, 7) is 1.80. The quantitative estimate of drug-likeness (QED) is 0.606. The molecule has 0 aliphatic carbocycles. The van der Waals surface area contributed by atoms with Crippen LogP contribution >= 0.6 is 0 Å². The van der Waals surface area contributed by atoms with Gasteiger partial charge in [0, 0.05) is 0 Å². The van der Waals surface area contributed by atoms with E-state index < -0.39 is 0 Å².